The predicted octanol–water partition coefficient (Wildman–Crippen LogP) is 6.74. The molecule has 0 unspecified atom stereocenters. The van der Waals surface area contributed by atoms with Crippen molar-refractivity contribution in [3.63, 3.8) is 0 Å². The molecule has 1 heterocycles. The average molecular weight is 615 g/mol. The standard InChI is InChI=1S/C38H34N2O6/c41-36(22-21-31-14-9-24-45-31)40(27-29-10-3-1-4-11-29)23-25-46-32-19-17-28(18-20-32)26-35(38(43)44)39-34-16-8-7-15-33(34)37(42)30-12-5-2-6-13-30/h1-22,24,35,39H,23,25-27H2,(H,43,44)/t35-/m0/s1. The number of carboxylic acids is 1. The van der Waals surface area contributed by atoms with E-state index in [-0.39, 0.29) is 24.7 Å². The summed E-state index contributed by atoms with van der Waals surface area (Å²) in [7, 11) is 0. The minimum absolute atomic E-state index is 0.168. The van der Waals surface area contributed by atoms with Gasteiger partial charge in [-0.15, -0.1) is 0 Å². The van der Waals surface area contributed by atoms with E-state index in [0.717, 1.165) is 11.1 Å². The van der Waals surface area contributed by atoms with Gasteiger partial charge in [-0.25, -0.2) is 4.79 Å². The molecule has 1 atom stereocenters. The number of para-hydroxylation sites is 1. The lowest BCUT2D eigenvalue weighted by Crippen LogP contribution is -2.33. The average Bonchev–Trinajstić information content (AvgIpc) is 3.62. The molecule has 0 aliphatic carbocycles. The summed E-state index contributed by atoms with van der Waals surface area (Å²) < 4.78 is 11.3. The molecule has 0 bridgehead atoms. The summed E-state index contributed by atoms with van der Waals surface area (Å²) in [5, 5.41) is 13.0. The third-order valence-corrected chi connectivity index (χ3v) is 7.29. The number of carbonyl (C=O) groups excluding carboxylic acids is 2. The molecule has 0 fully saturated rings. The number of nitrogens with zero attached hydrogens (tertiary/aromatic N) is 1. The lowest BCUT2D eigenvalue weighted by atomic mass is 10.00. The van der Waals surface area contributed by atoms with Crippen molar-refractivity contribution in [1.82, 2.24) is 4.90 Å². The second-order valence-electron chi connectivity index (χ2n) is 10.6. The normalized spacial score (nSPS) is 11.6. The third kappa shape index (κ3) is 8.83. The number of hydrogen-bond acceptors (Lipinski definition) is 6. The Balaban J connectivity index is 1.19. The summed E-state index contributed by atoms with van der Waals surface area (Å²) in [6.07, 6.45) is 4.86. The molecule has 2 N–H and O–H groups in total. The zero-order chi connectivity index (χ0) is 32.1. The van der Waals surface area contributed by atoms with Gasteiger partial charge in [-0.1, -0.05) is 84.9 Å². The number of carboxylic acid groups (broad SMARTS) is 1. The van der Waals surface area contributed by atoms with Crippen LogP contribution in [0.25, 0.3) is 6.08 Å². The van der Waals surface area contributed by atoms with Gasteiger partial charge < -0.3 is 24.5 Å². The molecule has 4 aromatic carbocycles. The first kappa shape index (κ1) is 31.5. The second-order valence-corrected chi connectivity index (χ2v) is 10.6. The molecule has 0 radical (unpaired) electrons. The highest BCUT2D eigenvalue weighted by Crippen LogP contribution is 2.22. The first-order valence-electron chi connectivity index (χ1n) is 14.9. The molecule has 1 aromatic heterocycles. The highest BCUT2D eigenvalue weighted by atomic mass is 16.5. The maximum absolute atomic E-state index is 13.1. The number of furan rings is 1. The monoisotopic (exact) mass is 614 g/mol. The van der Waals surface area contributed by atoms with Crippen molar-refractivity contribution in [3.8, 4) is 5.75 Å². The SMILES string of the molecule is O=C(c1ccccc1)c1ccccc1N[C@@H](Cc1ccc(OCCN(Cc2ccccc2)C(=O)C=Cc2ccco2)cc1)C(=O)O. The molecule has 46 heavy (non-hydrogen) atoms. The summed E-state index contributed by atoms with van der Waals surface area (Å²) in [6, 6.07) is 35.3. The fourth-order valence-electron chi connectivity index (χ4n) is 4.89. The van der Waals surface area contributed by atoms with Crippen LogP contribution in [0, 0.1) is 0 Å². The topological polar surface area (TPSA) is 109 Å². The van der Waals surface area contributed by atoms with E-state index >= 15 is 0 Å². The number of benzene rings is 4. The van der Waals surface area contributed by atoms with E-state index in [2.05, 4.69) is 5.32 Å². The maximum Gasteiger partial charge on any atom is 0.326 e. The fourth-order valence-corrected chi connectivity index (χ4v) is 4.89. The number of ketones is 1. The fraction of sp³-hybridized carbons (Fsp3) is 0.132. The van der Waals surface area contributed by atoms with Crippen LogP contribution in [0.2, 0.25) is 0 Å². The van der Waals surface area contributed by atoms with Crippen molar-refractivity contribution in [2.24, 2.45) is 0 Å². The second kappa shape index (κ2) is 15.7. The van der Waals surface area contributed by atoms with Crippen molar-refractivity contribution in [3.05, 3.63) is 162 Å². The first-order valence-corrected chi connectivity index (χ1v) is 14.9. The summed E-state index contributed by atoms with van der Waals surface area (Å²) >= 11 is 0. The minimum Gasteiger partial charge on any atom is -0.492 e. The molecule has 1 amide bonds. The quantitative estimate of drug-likeness (QED) is 0.0993. The van der Waals surface area contributed by atoms with Gasteiger partial charge >= 0.3 is 5.97 Å². The van der Waals surface area contributed by atoms with Crippen LogP contribution < -0.4 is 10.1 Å². The van der Waals surface area contributed by atoms with E-state index < -0.39 is 12.0 Å². The maximum atomic E-state index is 13.1. The number of hydrogen-bond donors (Lipinski definition) is 2. The molecular formula is C38H34N2O6. The van der Waals surface area contributed by atoms with Crippen LogP contribution in [0.1, 0.15) is 32.8 Å². The van der Waals surface area contributed by atoms with E-state index in [1.807, 2.05) is 48.5 Å². The zero-order valence-electron chi connectivity index (χ0n) is 25.1. The van der Waals surface area contributed by atoms with Gasteiger partial charge in [0.05, 0.1) is 12.8 Å². The van der Waals surface area contributed by atoms with Gasteiger partial charge in [0, 0.05) is 35.9 Å². The van der Waals surface area contributed by atoms with Crippen LogP contribution in [0.3, 0.4) is 0 Å². The largest absolute Gasteiger partial charge is 0.492 e. The molecule has 5 aromatic rings. The molecule has 0 spiro atoms. The molecule has 8 nitrogen and oxygen atoms in total. The van der Waals surface area contributed by atoms with Gasteiger partial charge in [-0.05, 0) is 53.6 Å². The van der Waals surface area contributed by atoms with E-state index in [1.165, 1.54) is 6.08 Å². The van der Waals surface area contributed by atoms with E-state index in [9.17, 15) is 19.5 Å². The molecule has 0 aliphatic rings. The Kier molecular flexibility index (Phi) is 10.8. The van der Waals surface area contributed by atoms with Crippen LogP contribution in [0.5, 0.6) is 5.75 Å². The summed E-state index contributed by atoms with van der Waals surface area (Å²) in [5.41, 5.74) is 3.16. The highest BCUT2D eigenvalue weighted by molar-refractivity contribution is 6.12. The van der Waals surface area contributed by atoms with Crippen LogP contribution in [0.4, 0.5) is 5.69 Å². The van der Waals surface area contributed by atoms with E-state index in [4.69, 9.17) is 9.15 Å². The Labute approximate surface area is 267 Å². The van der Waals surface area contributed by atoms with Crippen molar-refractivity contribution in [2.45, 2.75) is 19.0 Å². The summed E-state index contributed by atoms with van der Waals surface area (Å²) in [4.78, 5) is 40.1. The molecule has 0 saturated heterocycles. The van der Waals surface area contributed by atoms with Crippen LogP contribution in [-0.2, 0) is 22.6 Å². The molecule has 232 valence electrons. The van der Waals surface area contributed by atoms with Crippen LogP contribution in [0.15, 0.2) is 138 Å². The Bertz CT molecular complexity index is 1750. The van der Waals surface area contributed by atoms with Crippen molar-refractivity contribution in [1.29, 1.82) is 0 Å². The first-order chi connectivity index (χ1) is 22.5. The molecule has 0 saturated carbocycles. The van der Waals surface area contributed by atoms with E-state index in [1.54, 1.807) is 90.0 Å². The summed E-state index contributed by atoms with van der Waals surface area (Å²) in [6.45, 7) is 1.04. The third-order valence-electron chi connectivity index (χ3n) is 7.29. The Hall–Kier alpha value is -5.89. The van der Waals surface area contributed by atoms with Crippen LogP contribution in [-0.4, -0.2) is 46.9 Å². The van der Waals surface area contributed by atoms with Gasteiger partial charge in [0.2, 0.25) is 5.91 Å². The molecular weight excluding hydrogens is 580 g/mol. The van der Waals surface area contributed by atoms with Crippen molar-refractivity contribution in [2.75, 3.05) is 18.5 Å². The lowest BCUT2D eigenvalue weighted by Gasteiger charge is -2.22. The van der Waals surface area contributed by atoms with Gasteiger partial charge in [0.25, 0.3) is 0 Å². The number of anilines is 1. The van der Waals surface area contributed by atoms with Crippen molar-refractivity contribution < 1.29 is 28.6 Å². The number of aliphatic carboxylic acids is 1. The van der Waals surface area contributed by atoms with Gasteiger partial charge in [0.15, 0.2) is 5.78 Å². The smallest absolute Gasteiger partial charge is 0.326 e. The zero-order valence-corrected chi connectivity index (χ0v) is 25.1. The van der Waals surface area contributed by atoms with Gasteiger partial charge in [0.1, 0.15) is 24.2 Å². The molecule has 5 rings (SSSR count). The highest BCUT2D eigenvalue weighted by Gasteiger charge is 2.21. The Morgan fingerprint density at radius 2 is 1.50 bits per heavy atom. The summed E-state index contributed by atoms with van der Waals surface area (Å²) in [5.74, 6) is -0.202. The Morgan fingerprint density at radius 1 is 0.804 bits per heavy atom. The minimum atomic E-state index is -1.04. The number of nitrogens with one attached hydrogen (secondary N) is 1. The Morgan fingerprint density at radius 3 is 2.20 bits per heavy atom. The van der Waals surface area contributed by atoms with E-state index in [0.29, 0.717) is 41.4 Å². The molecule has 8 heteroatoms. The van der Waals surface area contributed by atoms with Crippen molar-refractivity contribution >= 4 is 29.4 Å². The lowest BCUT2D eigenvalue weighted by molar-refractivity contribution is -0.137. The number of ether oxygens (including phenoxy) is 1. The van der Waals surface area contributed by atoms with Gasteiger partial charge in [-0.3, -0.25) is 9.59 Å². The predicted molar refractivity (Wildman–Crippen MR) is 177 cm³/mol. The number of amides is 1. The number of rotatable bonds is 15. The van der Waals surface area contributed by atoms with Gasteiger partial charge in [-0.2, -0.15) is 0 Å². The van der Waals surface area contributed by atoms with Crippen LogP contribution >= 0.6 is 0 Å². The molecule has 0 aliphatic heterocycles. The number of carbonyl (C=O) groups is 3.